The lowest BCUT2D eigenvalue weighted by molar-refractivity contribution is -0.117. The Balaban J connectivity index is 2.31. The Hall–Kier alpha value is -2.22. The van der Waals surface area contributed by atoms with E-state index in [9.17, 15) is 14.7 Å². The van der Waals surface area contributed by atoms with Crippen molar-refractivity contribution in [2.45, 2.75) is 20.3 Å². The van der Waals surface area contributed by atoms with Crippen molar-refractivity contribution in [2.24, 2.45) is 5.92 Å². The molecule has 0 saturated heterocycles. The largest absolute Gasteiger partial charge is 0.477 e. The van der Waals surface area contributed by atoms with Gasteiger partial charge in [0.05, 0.1) is 0 Å². The van der Waals surface area contributed by atoms with Crippen LogP contribution in [0, 0.1) is 5.92 Å². The number of carboxylic acids is 1. The Morgan fingerprint density at radius 1 is 1.50 bits per heavy atom. The molecule has 0 bridgehead atoms. The molecule has 0 radical (unpaired) electrons. The van der Waals surface area contributed by atoms with E-state index in [1.807, 2.05) is 13.8 Å². The van der Waals surface area contributed by atoms with Gasteiger partial charge in [-0.1, -0.05) is 19.0 Å². The van der Waals surface area contributed by atoms with Gasteiger partial charge in [-0.05, 0) is 5.92 Å². The number of rotatable bonds is 5. The van der Waals surface area contributed by atoms with E-state index in [0.29, 0.717) is 5.01 Å². The molecule has 0 aliphatic carbocycles. The topological polar surface area (TPSA) is 105 Å². The lowest BCUT2D eigenvalue weighted by Gasteiger charge is -2.04. The van der Waals surface area contributed by atoms with Gasteiger partial charge < -0.3 is 9.63 Å². The maximum Gasteiger partial charge on any atom is 0.343 e. The second-order valence-electron chi connectivity index (χ2n) is 4.52. The number of nitrogens with zero attached hydrogens (tertiary/aromatic N) is 2. The molecule has 7 nitrogen and oxygen atoms in total. The van der Waals surface area contributed by atoms with Gasteiger partial charge in [-0.15, -0.1) is 11.3 Å². The standard InChI is InChI=1S/C12H13N3O4S/c1-6(2)5-7(16)14-10-8(12(17)18)9(15-19-10)11-13-3-4-20-11/h3-4,6H,5H2,1-2H3,(H,14,16)(H,17,18). The van der Waals surface area contributed by atoms with Crippen molar-refractivity contribution in [3.63, 3.8) is 0 Å². The average molecular weight is 295 g/mol. The highest BCUT2D eigenvalue weighted by atomic mass is 32.1. The predicted octanol–water partition coefficient (Wildman–Crippen LogP) is 2.48. The third-order valence-electron chi connectivity index (χ3n) is 2.39. The van der Waals surface area contributed by atoms with Crippen molar-refractivity contribution in [1.29, 1.82) is 0 Å². The first-order valence-electron chi connectivity index (χ1n) is 5.91. The maximum absolute atomic E-state index is 11.7. The second kappa shape index (κ2) is 5.83. The minimum atomic E-state index is -1.23. The summed E-state index contributed by atoms with van der Waals surface area (Å²) in [5, 5.41) is 17.5. The normalized spacial score (nSPS) is 10.8. The summed E-state index contributed by atoms with van der Waals surface area (Å²) in [7, 11) is 0. The van der Waals surface area contributed by atoms with Crippen LogP contribution in [0.5, 0.6) is 0 Å². The number of thiazole rings is 1. The minimum Gasteiger partial charge on any atom is -0.477 e. The van der Waals surface area contributed by atoms with Gasteiger partial charge in [-0.2, -0.15) is 0 Å². The highest BCUT2D eigenvalue weighted by molar-refractivity contribution is 7.13. The van der Waals surface area contributed by atoms with Crippen LogP contribution < -0.4 is 5.32 Å². The first-order chi connectivity index (χ1) is 9.49. The molecule has 0 aromatic carbocycles. The maximum atomic E-state index is 11.7. The summed E-state index contributed by atoms with van der Waals surface area (Å²) in [5.74, 6) is -1.54. The van der Waals surface area contributed by atoms with E-state index in [4.69, 9.17) is 4.52 Å². The van der Waals surface area contributed by atoms with Crippen molar-refractivity contribution >= 4 is 29.1 Å². The van der Waals surface area contributed by atoms with Crippen LogP contribution in [0.4, 0.5) is 5.88 Å². The fourth-order valence-corrected chi connectivity index (χ4v) is 2.23. The monoisotopic (exact) mass is 295 g/mol. The third-order valence-corrected chi connectivity index (χ3v) is 3.17. The first kappa shape index (κ1) is 14.2. The van der Waals surface area contributed by atoms with E-state index in [-0.39, 0.29) is 35.4 Å². The summed E-state index contributed by atoms with van der Waals surface area (Å²) in [6.45, 7) is 3.78. The number of nitrogens with one attached hydrogen (secondary N) is 1. The zero-order chi connectivity index (χ0) is 14.7. The van der Waals surface area contributed by atoms with Crippen molar-refractivity contribution in [1.82, 2.24) is 10.1 Å². The number of anilines is 1. The van der Waals surface area contributed by atoms with E-state index >= 15 is 0 Å². The summed E-state index contributed by atoms with van der Waals surface area (Å²) in [6.07, 6.45) is 1.81. The number of amides is 1. The van der Waals surface area contributed by atoms with Gasteiger partial charge in [0, 0.05) is 18.0 Å². The fraction of sp³-hybridized carbons (Fsp3) is 0.333. The Morgan fingerprint density at radius 3 is 2.80 bits per heavy atom. The number of hydrogen-bond acceptors (Lipinski definition) is 6. The van der Waals surface area contributed by atoms with Crippen molar-refractivity contribution in [2.75, 3.05) is 5.32 Å². The fourth-order valence-electron chi connectivity index (χ4n) is 1.61. The summed E-state index contributed by atoms with van der Waals surface area (Å²) in [5.41, 5.74) is -0.0654. The van der Waals surface area contributed by atoms with Crippen LogP contribution in [-0.4, -0.2) is 27.1 Å². The van der Waals surface area contributed by atoms with Gasteiger partial charge in [-0.3, -0.25) is 10.1 Å². The Labute approximate surface area is 118 Å². The molecule has 0 atom stereocenters. The lowest BCUT2D eigenvalue weighted by Crippen LogP contribution is -2.15. The van der Waals surface area contributed by atoms with E-state index in [0.717, 1.165) is 0 Å². The minimum absolute atomic E-state index is 0.118. The molecule has 0 unspecified atom stereocenters. The molecule has 106 valence electrons. The van der Waals surface area contributed by atoms with Gasteiger partial charge in [0.1, 0.15) is 5.01 Å². The summed E-state index contributed by atoms with van der Waals surface area (Å²) < 4.78 is 4.94. The molecule has 0 spiro atoms. The highest BCUT2D eigenvalue weighted by Gasteiger charge is 2.26. The number of hydrogen-bond donors (Lipinski definition) is 2. The number of aromatic nitrogens is 2. The van der Waals surface area contributed by atoms with E-state index in [1.54, 1.807) is 5.38 Å². The number of carbonyl (C=O) groups is 2. The molecule has 2 N–H and O–H groups in total. The zero-order valence-electron chi connectivity index (χ0n) is 10.9. The summed E-state index contributed by atoms with van der Waals surface area (Å²) >= 11 is 1.24. The van der Waals surface area contributed by atoms with Gasteiger partial charge >= 0.3 is 5.97 Å². The molecule has 8 heteroatoms. The van der Waals surface area contributed by atoms with Gasteiger partial charge in [-0.25, -0.2) is 9.78 Å². The Morgan fingerprint density at radius 2 is 2.25 bits per heavy atom. The van der Waals surface area contributed by atoms with Crippen LogP contribution in [-0.2, 0) is 4.79 Å². The van der Waals surface area contributed by atoms with Crippen LogP contribution in [0.15, 0.2) is 16.1 Å². The quantitative estimate of drug-likeness (QED) is 0.877. The third kappa shape index (κ3) is 3.02. The van der Waals surface area contributed by atoms with Gasteiger partial charge in [0.15, 0.2) is 11.3 Å². The zero-order valence-corrected chi connectivity index (χ0v) is 11.7. The molecule has 2 rings (SSSR count). The van der Waals surface area contributed by atoms with Crippen molar-refractivity contribution < 1.29 is 19.2 Å². The molecule has 2 aromatic rings. The molecule has 1 amide bonds. The second-order valence-corrected chi connectivity index (χ2v) is 5.42. The van der Waals surface area contributed by atoms with Crippen molar-refractivity contribution in [3.05, 3.63) is 17.1 Å². The van der Waals surface area contributed by atoms with Crippen molar-refractivity contribution in [3.8, 4) is 10.7 Å². The predicted molar refractivity (Wildman–Crippen MR) is 72.7 cm³/mol. The molecule has 0 saturated carbocycles. The van der Waals surface area contributed by atoms with Gasteiger partial charge in [0.25, 0.3) is 0 Å². The number of aromatic carboxylic acids is 1. The van der Waals surface area contributed by atoms with E-state index < -0.39 is 5.97 Å². The Kier molecular flexibility index (Phi) is 4.14. The summed E-state index contributed by atoms with van der Waals surface area (Å²) in [4.78, 5) is 27.0. The highest BCUT2D eigenvalue weighted by Crippen LogP contribution is 2.30. The summed E-state index contributed by atoms with van der Waals surface area (Å²) in [6, 6.07) is 0. The van der Waals surface area contributed by atoms with Gasteiger partial charge in [0.2, 0.25) is 11.8 Å². The van der Waals surface area contributed by atoms with Crippen LogP contribution >= 0.6 is 11.3 Å². The molecule has 0 fully saturated rings. The molecule has 2 heterocycles. The van der Waals surface area contributed by atoms with E-state index in [2.05, 4.69) is 15.5 Å². The molecule has 20 heavy (non-hydrogen) atoms. The Bertz CT molecular complexity index is 619. The van der Waals surface area contributed by atoms with E-state index in [1.165, 1.54) is 17.5 Å². The molecule has 2 aromatic heterocycles. The molecule has 0 aliphatic heterocycles. The SMILES string of the molecule is CC(C)CC(=O)Nc1onc(-c2nccs2)c1C(=O)O. The van der Waals surface area contributed by atoms with Crippen LogP contribution in [0.25, 0.3) is 10.7 Å². The number of carboxylic acid groups (broad SMARTS) is 1. The lowest BCUT2D eigenvalue weighted by atomic mass is 10.1. The smallest absolute Gasteiger partial charge is 0.343 e. The van der Waals surface area contributed by atoms with Crippen LogP contribution in [0.3, 0.4) is 0 Å². The number of carbonyl (C=O) groups excluding carboxylic acids is 1. The van der Waals surface area contributed by atoms with Crippen LogP contribution in [0.2, 0.25) is 0 Å². The average Bonchev–Trinajstić information content (AvgIpc) is 2.94. The molecular formula is C12H13N3O4S. The molecule has 0 aliphatic rings. The van der Waals surface area contributed by atoms with Crippen LogP contribution in [0.1, 0.15) is 30.6 Å². The first-order valence-corrected chi connectivity index (χ1v) is 6.79. The molecular weight excluding hydrogens is 282 g/mol.